The first-order valence-corrected chi connectivity index (χ1v) is 13.4. The van der Waals surface area contributed by atoms with E-state index in [-0.39, 0.29) is 24.2 Å². The number of carbonyl (C=O) groups is 2. The molecule has 0 saturated heterocycles. The topological polar surface area (TPSA) is 90.0 Å². The fourth-order valence-corrected chi connectivity index (χ4v) is 4.48. The van der Waals surface area contributed by atoms with E-state index in [1.54, 1.807) is 6.92 Å². The molecule has 0 heterocycles. The number of amides is 2. The Morgan fingerprint density at radius 1 is 1.03 bits per heavy atom. The number of hydrogen-bond donors (Lipinski definition) is 1. The highest BCUT2D eigenvalue weighted by Gasteiger charge is 2.32. The second kappa shape index (κ2) is 12.5. The third-order valence-electron chi connectivity index (χ3n) is 5.57. The zero-order valence-corrected chi connectivity index (χ0v) is 22.9. The number of hydrogen-bond acceptors (Lipinski definition) is 4. The Balaban J connectivity index is 2.43. The van der Waals surface area contributed by atoms with E-state index < -0.39 is 34.5 Å². The fraction of sp³-hybridized carbons (Fsp3) is 0.417. The molecule has 0 radical (unpaired) electrons. The first-order valence-electron chi connectivity index (χ1n) is 11.2. The van der Waals surface area contributed by atoms with Gasteiger partial charge in [0, 0.05) is 31.2 Å². The predicted octanol–water partition coefficient (Wildman–Crippen LogP) is 3.53. The molecule has 0 fully saturated rings. The Hall–Kier alpha value is -2.50. The third kappa shape index (κ3) is 7.74. The van der Waals surface area contributed by atoms with Crippen molar-refractivity contribution in [2.75, 3.05) is 24.9 Å². The van der Waals surface area contributed by atoms with Gasteiger partial charge in [-0.3, -0.25) is 9.59 Å². The third-order valence-corrected chi connectivity index (χ3v) is 7.92. The largest absolute Gasteiger partial charge is 0.352 e. The summed E-state index contributed by atoms with van der Waals surface area (Å²) in [5, 5.41) is 2.88. The molecule has 2 amide bonds. The highest BCUT2D eigenvalue weighted by molar-refractivity contribution is 9.10. The molecule has 2 rings (SSSR count). The fourth-order valence-electron chi connectivity index (χ4n) is 3.16. The Morgan fingerprint density at radius 2 is 1.60 bits per heavy atom. The lowest BCUT2D eigenvalue weighted by Gasteiger charge is -2.33. The average Bonchev–Trinajstić information content (AvgIpc) is 2.81. The lowest BCUT2D eigenvalue weighted by Crippen LogP contribution is -2.53. The maximum Gasteiger partial charge on any atom is 0.304 e. The lowest BCUT2D eigenvalue weighted by molar-refractivity contribution is -0.139. The van der Waals surface area contributed by atoms with E-state index in [1.165, 1.54) is 31.1 Å². The molecule has 0 aliphatic heterocycles. The van der Waals surface area contributed by atoms with Gasteiger partial charge in [0.2, 0.25) is 11.8 Å². The van der Waals surface area contributed by atoms with Gasteiger partial charge in [0.25, 0.3) is 0 Å². The lowest BCUT2D eigenvalue weighted by atomic mass is 10.1. The molecule has 0 aromatic heterocycles. The van der Waals surface area contributed by atoms with Crippen LogP contribution in [-0.4, -0.2) is 62.2 Å². The van der Waals surface area contributed by atoms with E-state index in [9.17, 15) is 22.4 Å². The van der Waals surface area contributed by atoms with Crippen molar-refractivity contribution in [2.24, 2.45) is 0 Å². The van der Waals surface area contributed by atoms with Gasteiger partial charge in [0.1, 0.15) is 18.4 Å². The predicted molar refractivity (Wildman–Crippen MR) is 138 cm³/mol. The number of rotatable bonds is 11. The van der Waals surface area contributed by atoms with Gasteiger partial charge in [-0.2, -0.15) is 12.7 Å². The number of nitrogens with zero attached hydrogens (tertiary/aromatic N) is 3. The highest BCUT2D eigenvalue weighted by Crippen LogP contribution is 2.21. The number of nitrogens with one attached hydrogen (secondary N) is 1. The SMILES string of the molecule is CC[C@H](C)NC(=O)[C@H](C)N(Cc1ccc(Br)cc1)C(=O)CN(c1ccc(F)cc1)S(=O)(=O)N(C)C. The molecule has 1 N–H and O–H groups in total. The summed E-state index contributed by atoms with van der Waals surface area (Å²) in [4.78, 5) is 27.8. The molecule has 0 aliphatic rings. The second-order valence-corrected chi connectivity index (χ2v) is 11.4. The molecular weight excluding hydrogens is 539 g/mol. The maximum absolute atomic E-state index is 13.6. The van der Waals surface area contributed by atoms with Crippen molar-refractivity contribution >= 4 is 43.6 Å². The summed E-state index contributed by atoms with van der Waals surface area (Å²) in [5.74, 6) is -1.45. The van der Waals surface area contributed by atoms with E-state index >= 15 is 0 Å². The smallest absolute Gasteiger partial charge is 0.304 e. The standard InChI is InChI=1S/C24H32BrFN4O4S/c1-6-17(2)27-24(32)18(3)29(15-19-7-9-20(25)10-8-19)23(31)16-30(35(33,34)28(4)5)22-13-11-21(26)12-14-22/h7-14,17-18H,6,15-16H2,1-5H3,(H,27,32)/t17-,18-/m0/s1. The quantitative estimate of drug-likeness (QED) is 0.447. The van der Waals surface area contributed by atoms with Crippen molar-refractivity contribution in [1.82, 2.24) is 14.5 Å². The normalized spacial score (nSPS) is 13.3. The average molecular weight is 572 g/mol. The van der Waals surface area contributed by atoms with Crippen LogP contribution in [0, 0.1) is 5.82 Å². The molecule has 0 bridgehead atoms. The summed E-state index contributed by atoms with van der Waals surface area (Å²) >= 11 is 3.38. The zero-order chi connectivity index (χ0) is 26.3. The van der Waals surface area contributed by atoms with Gasteiger partial charge in [0.05, 0.1) is 5.69 Å². The summed E-state index contributed by atoms with van der Waals surface area (Å²) < 4.78 is 42.4. The maximum atomic E-state index is 13.6. The summed E-state index contributed by atoms with van der Waals surface area (Å²) in [7, 11) is -1.40. The van der Waals surface area contributed by atoms with Crippen LogP contribution in [0.5, 0.6) is 0 Å². The van der Waals surface area contributed by atoms with E-state index in [1.807, 2.05) is 38.1 Å². The van der Waals surface area contributed by atoms with Crippen LogP contribution in [-0.2, 0) is 26.3 Å². The molecule has 35 heavy (non-hydrogen) atoms. The van der Waals surface area contributed by atoms with Crippen molar-refractivity contribution < 1.29 is 22.4 Å². The van der Waals surface area contributed by atoms with E-state index in [0.717, 1.165) is 37.2 Å². The van der Waals surface area contributed by atoms with E-state index in [0.29, 0.717) is 0 Å². The van der Waals surface area contributed by atoms with Crippen LogP contribution in [0.25, 0.3) is 0 Å². The van der Waals surface area contributed by atoms with Crippen molar-refractivity contribution in [3.8, 4) is 0 Å². The Morgan fingerprint density at radius 3 is 2.11 bits per heavy atom. The van der Waals surface area contributed by atoms with Crippen LogP contribution in [0.3, 0.4) is 0 Å². The molecular formula is C24H32BrFN4O4S. The number of benzene rings is 2. The van der Waals surface area contributed by atoms with Crippen LogP contribution in [0.4, 0.5) is 10.1 Å². The second-order valence-electron chi connectivity index (χ2n) is 8.42. The van der Waals surface area contributed by atoms with Crippen LogP contribution >= 0.6 is 15.9 Å². The minimum atomic E-state index is -4.09. The van der Waals surface area contributed by atoms with Gasteiger partial charge < -0.3 is 10.2 Å². The molecule has 2 atom stereocenters. The molecule has 0 saturated carbocycles. The van der Waals surface area contributed by atoms with Crippen molar-refractivity contribution in [3.63, 3.8) is 0 Å². The van der Waals surface area contributed by atoms with Crippen LogP contribution in [0.15, 0.2) is 53.0 Å². The van der Waals surface area contributed by atoms with Gasteiger partial charge in [0.15, 0.2) is 0 Å². The Bertz CT molecular complexity index is 1110. The minimum Gasteiger partial charge on any atom is -0.352 e. The summed E-state index contributed by atoms with van der Waals surface area (Å²) in [6.07, 6.45) is 0.721. The Kier molecular flexibility index (Phi) is 10.2. The van der Waals surface area contributed by atoms with Crippen LogP contribution in [0.1, 0.15) is 32.8 Å². The van der Waals surface area contributed by atoms with Gasteiger partial charge in [-0.1, -0.05) is 35.0 Å². The molecule has 8 nitrogen and oxygen atoms in total. The van der Waals surface area contributed by atoms with Crippen molar-refractivity contribution in [3.05, 3.63) is 64.4 Å². The van der Waals surface area contributed by atoms with Crippen LogP contribution in [0.2, 0.25) is 0 Å². The van der Waals surface area contributed by atoms with E-state index in [4.69, 9.17) is 0 Å². The Labute approximate surface area is 215 Å². The molecule has 0 aliphatic carbocycles. The van der Waals surface area contributed by atoms with Gasteiger partial charge in [-0.05, 0) is 62.2 Å². The number of carbonyl (C=O) groups excluding carboxylic acids is 2. The number of halogens is 2. The number of anilines is 1. The van der Waals surface area contributed by atoms with Gasteiger partial charge in [-0.25, -0.2) is 8.70 Å². The molecule has 2 aromatic carbocycles. The minimum absolute atomic E-state index is 0.0839. The monoisotopic (exact) mass is 570 g/mol. The summed E-state index contributed by atoms with van der Waals surface area (Å²) in [6.45, 7) is 4.94. The van der Waals surface area contributed by atoms with Gasteiger partial charge >= 0.3 is 10.2 Å². The first kappa shape index (κ1) is 28.7. The molecule has 0 unspecified atom stereocenters. The molecule has 2 aromatic rings. The van der Waals surface area contributed by atoms with Gasteiger partial charge in [-0.15, -0.1) is 0 Å². The molecule has 0 spiro atoms. The van der Waals surface area contributed by atoms with Crippen LogP contribution < -0.4 is 9.62 Å². The van der Waals surface area contributed by atoms with Crippen molar-refractivity contribution in [1.29, 1.82) is 0 Å². The molecule has 192 valence electrons. The zero-order valence-electron chi connectivity index (χ0n) is 20.5. The molecule has 11 heteroatoms. The first-order chi connectivity index (χ1) is 16.4. The summed E-state index contributed by atoms with van der Waals surface area (Å²) in [5.41, 5.74) is 0.905. The van der Waals surface area contributed by atoms with Crippen molar-refractivity contribution in [2.45, 2.75) is 45.8 Å². The highest BCUT2D eigenvalue weighted by atomic mass is 79.9. The summed E-state index contributed by atoms with van der Waals surface area (Å²) in [6, 6.07) is 11.2. The van der Waals surface area contributed by atoms with E-state index in [2.05, 4.69) is 21.2 Å².